The molecule has 120 heavy (non-hydrogen) atoms. The minimum absolute atomic E-state index is 0.00704. The first-order valence-electron chi connectivity index (χ1n) is 43.4. The normalized spacial score (nSPS) is 25.5. The lowest BCUT2D eigenvalue weighted by Gasteiger charge is -2.32. The molecule has 14 amide bonds. The molecule has 0 bridgehead atoms. The van der Waals surface area contributed by atoms with Crippen LogP contribution in [0.3, 0.4) is 0 Å². The largest absolute Gasteiger partial charge is 0.508 e. The van der Waals surface area contributed by atoms with Gasteiger partial charge in [0.05, 0.1) is 0 Å². The Morgan fingerprint density at radius 1 is 0.300 bits per heavy atom. The molecular weight excluding hydrogens is 1540 g/mol. The first kappa shape index (κ1) is 101. The molecule has 0 unspecified atom stereocenters. The molecule has 672 valence electrons. The number of nitrogens with zero attached hydrogens (tertiary/aromatic N) is 2. The van der Waals surface area contributed by atoms with Crippen LogP contribution in [0.1, 0.15) is 215 Å². The highest BCUT2D eigenvalue weighted by atomic mass is 16.3. The standard InChI is InChI=1S/C85H141N19O16/c1-49(2)44-63-77(112)93-62(26-19-41-90)72(107)91-58(22-11-15-37-86)75(110)99-66(47-54-29-33-56(105)34-30-54)84(119)103-42-20-27-68(103)80(115)98-65(46-51(5)6)78(113)92-61(25-14-18-40-89)76(111)101-70(52(7)8)82(117)94-59(23-12-16-38-87)74(109)97-64(45-50(3)4)79(114)100-67(48-55-31-35-57(106)36-32-55)85(120)104-43-21-28-69(104)81(116)102-71(53(9)10)83(118)95-60(73(108)96-63)24-13-17-39-88/h29-36,49-53,58-71,105-106H,11-28,37-48,86-90H2,1-10H3,(H,91,107)(H,92,113)(H,93,112)(H,94,117)(H,95,118)(H,96,108)(H,97,109)(H,98,115)(H,99,110)(H,100,114)(H,101,111)(H,102,116)/t58-,59-,60-,61-,62-,63-,64-,65-,66+,67+,68-,69-,70-,71-/m0/s1. The number of phenols is 2. The van der Waals surface area contributed by atoms with E-state index in [1.165, 1.54) is 34.1 Å². The summed E-state index contributed by atoms with van der Waals surface area (Å²) in [5.41, 5.74) is 30.8. The molecule has 0 aliphatic carbocycles. The van der Waals surface area contributed by atoms with Crippen LogP contribution in [0.5, 0.6) is 11.5 Å². The monoisotopic (exact) mass is 1680 g/mol. The molecule has 0 spiro atoms. The van der Waals surface area contributed by atoms with Gasteiger partial charge in [-0.15, -0.1) is 0 Å². The van der Waals surface area contributed by atoms with Gasteiger partial charge in [0.15, 0.2) is 0 Å². The summed E-state index contributed by atoms with van der Waals surface area (Å²) in [6.45, 7) is 18.7. The van der Waals surface area contributed by atoms with Crippen molar-refractivity contribution in [2.45, 2.75) is 302 Å². The first-order valence-corrected chi connectivity index (χ1v) is 43.4. The van der Waals surface area contributed by atoms with E-state index in [4.69, 9.17) is 28.7 Å². The number of carbonyl (C=O) groups is 14. The Kier molecular flexibility index (Phi) is 43.7. The van der Waals surface area contributed by atoms with Gasteiger partial charge < -0.3 is 112 Å². The number of aromatic hydroxyl groups is 2. The smallest absolute Gasteiger partial charge is 0.246 e. The molecule has 14 atom stereocenters. The number of benzene rings is 2. The molecule has 35 heteroatoms. The number of nitrogens with one attached hydrogen (secondary N) is 12. The molecule has 3 saturated heterocycles. The minimum atomic E-state index is -1.42. The van der Waals surface area contributed by atoms with Gasteiger partial charge in [-0.25, -0.2) is 0 Å². The van der Waals surface area contributed by atoms with Crippen LogP contribution in [0.2, 0.25) is 0 Å². The number of unbranched alkanes of at least 4 members (excludes halogenated alkanes) is 4. The van der Waals surface area contributed by atoms with E-state index in [-0.39, 0.29) is 159 Å². The molecule has 0 aromatic heterocycles. The second-order valence-electron chi connectivity index (χ2n) is 34.2. The van der Waals surface area contributed by atoms with Crippen molar-refractivity contribution in [2.24, 2.45) is 58.3 Å². The van der Waals surface area contributed by atoms with Gasteiger partial charge in [-0.2, -0.15) is 0 Å². The minimum Gasteiger partial charge on any atom is -0.508 e. The molecule has 2 aromatic carbocycles. The van der Waals surface area contributed by atoms with E-state index in [0.29, 0.717) is 75.3 Å². The van der Waals surface area contributed by atoms with Crippen molar-refractivity contribution in [2.75, 3.05) is 45.8 Å². The molecule has 24 N–H and O–H groups in total. The number of nitrogens with two attached hydrogens (primary N) is 5. The van der Waals surface area contributed by atoms with Crippen molar-refractivity contribution in [1.29, 1.82) is 0 Å². The number of hydrogen-bond acceptors (Lipinski definition) is 21. The highest BCUT2D eigenvalue weighted by Gasteiger charge is 2.44. The lowest BCUT2D eigenvalue weighted by atomic mass is 9.98. The SMILES string of the molecule is CC(C)C[C@@H]1NC(=O)[C@H](CCCCN)NC(=O)[C@H](C(C)C)NC(=O)[C@@H]2CCCN2C(=O)[C@@H](Cc2ccc(O)cc2)NC(=O)[C@H](CC(C)C)NC(=O)[C@H](CCCCN)NC(=O)[C@H](C(C)C)NC(=O)[C@H](CCCCN)NC(=O)[C@H](CC(C)C)NC(=O)[C@@H]2CCCN2C(=O)[C@@H](Cc2ccc(O)cc2)NC(=O)[C@H](CCCCN)NC(=O)[C@H](CCCN)NC1=O. The van der Waals surface area contributed by atoms with Crippen molar-refractivity contribution in [1.82, 2.24) is 73.6 Å². The number of phenolic OH excluding ortho intramolecular Hbond substituents is 2. The van der Waals surface area contributed by atoms with Gasteiger partial charge in [0.25, 0.3) is 0 Å². The summed E-state index contributed by atoms with van der Waals surface area (Å²) in [7, 11) is 0. The second-order valence-corrected chi connectivity index (χ2v) is 34.2. The number of fused-ring (bicyclic) bond motifs is 2. The van der Waals surface area contributed by atoms with Crippen molar-refractivity contribution >= 4 is 82.7 Å². The molecule has 3 aliphatic heterocycles. The van der Waals surface area contributed by atoms with E-state index in [9.17, 15) is 58.2 Å². The van der Waals surface area contributed by atoms with Crippen LogP contribution in [0.25, 0.3) is 0 Å². The lowest BCUT2D eigenvalue weighted by molar-refractivity contribution is -0.143. The van der Waals surface area contributed by atoms with Gasteiger partial charge in [0, 0.05) is 25.9 Å². The number of amides is 14. The van der Waals surface area contributed by atoms with Crippen LogP contribution in [-0.2, 0) is 80.0 Å². The Morgan fingerprint density at radius 2 is 0.533 bits per heavy atom. The van der Waals surface area contributed by atoms with Crippen LogP contribution in [0.4, 0.5) is 0 Å². The number of rotatable bonds is 31. The van der Waals surface area contributed by atoms with E-state index in [2.05, 4.69) is 63.8 Å². The zero-order valence-electron chi connectivity index (χ0n) is 72.2. The summed E-state index contributed by atoms with van der Waals surface area (Å²) in [6, 6.07) is -6.70. The Balaban J connectivity index is 1.66. The maximum atomic E-state index is 15.3. The third kappa shape index (κ3) is 33.1. The topological polar surface area (TPSA) is 560 Å². The predicted octanol–water partition coefficient (Wildman–Crippen LogP) is 0.401. The molecule has 3 aliphatic rings. The Labute approximate surface area is 707 Å². The summed E-state index contributed by atoms with van der Waals surface area (Å²) >= 11 is 0. The molecular formula is C85H141N19O16. The molecule has 2 aromatic rings. The average Bonchev–Trinajstić information content (AvgIpc) is 1.64. The Hall–Kier alpha value is -9.58. The zero-order chi connectivity index (χ0) is 88.9. The van der Waals surface area contributed by atoms with E-state index >= 15 is 19.2 Å². The zero-order valence-corrected chi connectivity index (χ0v) is 72.2. The van der Waals surface area contributed by atoms with E-state index in [1.807, 2.05) is 41.5 Å². The van der Waals surface area contributed by atoms with Crippen LogP contribution in [-0.4, -0.2) is 233 Å². The molecule has 3 heterocycles. The average molecular weight is 1690 g/mol. The molecule has 5 rings (SSSR count). The van der Waals surface area contributed by atoms with Gasteiger partial charge in [-0.3, -0.25) is 67.1 Å². The summed E-state index contributed by atoms with van der Waals surface area (Å²) in [5, 5.41) is 54.6. The maximum Gasteiger partial charge on any atom is 0.246 e. The molecule has 0 radical (unpaired) electrons. The molecule has 35 nitrogen and oxygen atoms in total. The Bertz CT molecular complexity index is 3660. The van der Waals surface area contributed by atoms with E-state index < -0.39 is 179 Å². The van der Waals surface area contributed by atoms with Crippen LogP contribution in [0.15, 0.2) is 48.5 Å². The number of carbonyl (C=O) groups excluding carboxylic acids is 14. The highest BCUT2D eigenvalue weighted by molar-refractivity contribution is 6.01. The third-order valence-corrected chi connectivity index (χ3v) is 21.8. The van der Waals surface area contributed by atoms with Crippen molar-refractivity contribution in [3.8, 4) is 11.5 Å². The predicted molar refractivity (Wildman–Crippen MR) is 454 cm³/mol. The van der Waals surface area contributed by atoms with E-state index in [0.717, 1.165) is 0 Å². The van der Waals surface area contributed by atoms with Gasteiger partial charge in [0.2, 0.25) is 82.7 Å². The van der Waals surface area contributed by atoms with Crippen molar-refractivity contribution in [3.63, 3.8) is 0 Å². The lowest BCUT2D eigenvalue weighted by Crippen LogP contribution is -2.62. The third-order valence-electron chi connectivity index (χ3n) is 21.8. The maximum absolute atomic E-state index is 15.3. The fourth-order valence-corrected chi connectivity index (χ4v) is 15.2. The van der Waals surface area contributed by atoms with Crippen molar-refractivity contribution < 1.29 is 77.3 Å². The van der Waals surface area contributed by atoms with Gasteiger partial charge in [0.1, 0.15) is 96.1 Å². The van der Waals surface area contributed by atoms with Crippen molar-refractivity contribution in [3.05, 3.63) is 59.7 Å². The summed E-state index contributed by atoms with van der Waals surface area (Å²) in [6.07, 6.45) is 3.89. The molecule has 3 fully saturated rings. The van der Waals surface area contributed by atoms with Crippen LogP contribution >= 0.6 is 0 Å². The number of hydrogen-bond donors (Lipinski definition) is 19. The summed E-state index contributed by atoms with van der Waals surface area (Å²) in [5.74, 6) is -12.9. The summed E-state index contributed by atoms with van der Waals surface area (Å²) in [4.78, 5) is 212. The fourth-order valence-electron chi connectivity index (χ4n) is 15.2. The Morgan fingerprint density at radius 3 is 0.817 bits per heavy atom. The van der Waals surface area contributed by atoms with Gasteiger partial charge in [-0.05, 0) is 233 Å². The molecule has 0 saturated carbocycles. The first-order chi connectivity index (χ1) is 57.0. The summed E-state index contributed by atoms with van der Waals surface area (Å²) < 4.78 is 0. The fraction of sp³-hybridized carbons (Fsp3) is 0.694. The second kappa shape index (κ2) is 51.9. The van der Waals surface area contributed by atoms with Gasteiger partial charge in [-0.1, -0.05) is 93.5 Å². The van der Waals surface area contributed by atoms with Crippen LogP contribution < -0.4 is 92.5 Å². The highest BCUT2D eigenvalue weighted by Crippen LogP contribution is 2.26. The van der Waals surface area contributed by atoms with E-state index in [1.54, 1.807) is 52.0 Å². The van der Waals surface area contributed by atoms with Crippen LogP contribution in [0, 0.1) is 29.6 Å². The quantitative estimate of drug-likeness (QED) is 0.0454. The van der Waals surface area contributed by atoms with Gasteiger partial charge >= 0.3 is 0 Å².